The van der Waals surface area contributed by atoms with E-state index in [-0.39, 0.29) is 0 Å². The van der Waals surface area contributed by atoms with Gasteiger partial charge in [-0.3, -0.25) is 9.98 Å². The second-order valence-corrected chi connectivity index (χ2v) is 4.61. The van der Waals surface area contributed by atoms with Crippen molar-refractivity contribution in [1.82, 2.24) is 9.55 Å². The zero-order chi connectivity index (χ0) is 16.7. The van der Waals surface area contributed by atoms with Crippen LogP contribution in [0.15, 0.2) is 41.1 Å². The lowest BCUT2D eigenvalue weighted by Crippen LogP contribution is -2.21. The molecule has 0 atom stereocenters. The van der Waals surface area contributed by atoms with Crippen molar-refractivity contribution in [1.29, 1.82) is 0 Å². The molecule has 0 fully saturated rings. The van der Waals surface area contributed by atoms with Gasteiger partial charge < -0.3 is 4.57 Å². The maximum Gasteiger partial charge on any atom is 0.139 e. The molecular formula is C17H21ClN4. The van der Waals surface area contributed by atoms with Gasteiger partial charge in [0.25, 0.3) is 0 Å². The Morgan fingerprint density at radius 2 is 2.05 bits per heavy atom. The molecule has 0 saturated heterocycles. The highest BCUT2D eigenvalue weighted by Gasteiger charge is 2.08. The van der Waals surface area contributed by atoms with E-state index in [1.807, 2.05) is 31.4 Å². The Hall–Kier alpha value is -2.20. The van der Waals surface area contributed by atoms with Crippen LogP contribution in [0.1, 0.15) is 26.3 Å². The summed E-state index contributed by atoms with van der Waals surface area (Å²) in [4.78, 5) is 12.3. The third-order valence-corrected chi connectivity index (χ3v) is 3.22. The Balaban J connectivity index is 0.00000116. The van der Waals surface area contributed by atoms with E-state index in [4.69, 9.17) is 11.6 Å². The van der Waals surface area contributed by atoms with Gasteiger partial charge in [-0.15, -0.1) is 0 Å². The highest BCUT2D eigenvalue weighted by molar-refractivity contribution is 6.30. The van der Waals surface area contributed by atoms with Gasteiger partial charge in [0, 0.05) is 42.7 Å². The quantitative estimate of drug-likeness (QED) is 0.611. The largest absolute Gasteiger partial charge is 0.301 e. The molecular weight excluding hydrogens is 296 g/mol. The summed E-state index contributed by atoms with van der Waals surface area (Å²) in [6, 6.07) is 3.81. The average Bonchev–Trinajstić information content (AvgIpc) is 2.55. The lowest BCUT2D eigenvalue weighted by Gasteiger charge is -2.12. The van der Waals surface area contributed by atoms with Crippen molar-refractivity contribution in [2.24, 2.45) is 9.98 Å². The predicted octanol–water partition coefficient (Wildman–Crippen LogP) is 4.41. The third kappa shape index (κ3) is 3.52. The first-order valence-electron chi connectivity index (χ1n) is 7.01. The molecule has 0 aliphatic carbocycles. The summed E-state index contributed by atoms with van der Waals surface area (Å²) in [5, 5.41) is 1.39. The molecule has 0 aromatic carbocycles. The number of rotatable bonds is 3. The van der Waals surface area contributed by atoms with Gasteiger partial charge in [-0.25, -0.2) is 4.98 Å². The second kappa shape index (κ2) is 8.29. The molecule has 0 aliphatic heterocycles. The standard InChI is InChI=1S/C15H15ClN4.C2H6/c1-5-20-13-7-14(16)19-9-11(13)6-12(15(20)18-4)10(2)8-17-3;1-2/h5-9H,1,3H2,2,4H3;1-2H3/b10-8+,18-15?;. The van der Waals surface area contributed by atoms with Crippen LogP contribution in [0.4, 0.5) is 0 Å². The van der Waals surface area contributed by atoms with Crippen LogP contribution in [-0.4, -0.2) is 23.3 Å². The minimum absolute atomic E-state index is 0.433. The van der Waals surface area contributed by atoms with Gasteiger partial charge in [0.1, 0.15) is 10.6 Å². The molecule has 0 radical (unpaired) electrons. The molecule has 0 unspecified atom stereocenters. The molecule has 0 saturated carbocycles. The van der Waals surface area contributed by atoms with Crippen LogP contribution in [0.2, 0.25) is 5.15 Å². The van der Waals surface area contributed by atoms with Crippen LogP contribution in [0.25, 0.3) is 22.7 Å². The number of nitrogens with zero attached hydrogens (tertiary/aromatic N) is 4. The summed E-state index contributed by atoms with van der Waals surface area (Å²) in [6.07, 6.45) is 5.14. The molecule has 2 aromatic rings. The fourth-order valence-electron chi connectivity index (χ4n) is 2.12. The second-order valence-electron chi connectivity index (χ2n) is 4.22. The third-order valence-electron chi connectivity index (χ3n) is 3.01. The molecule has 0 aliphatic rings. The Morgan fingerprint density at radius 1 is 1.36 bits per heavy atom. The molecule has 5 heteroatoms. The Labute approximate surface area is 136 Å². The number of halogens is 1. The van der Waals surface area contributed by atoms with Gasteiger partial charge in [0.2, 0.25) is 0 Å². The summed E-state index contributed by atoms with van der Waals surface area (Å²) >= 11 is 5.97. The van der Waals surface area contributed by atoms with E-state index in [2.05, 4.69) is 28.3 Å². The Bertz CT molecular complexity index is 785. The van der Waals surface area contributed by atoms with Crippen molar-refractivity contribution in [3.63, 3.8) is 0 Å². The summed E-state index contributed by atoms with van der Waals surface area (Å²) in [7, 11) is 1.74. The molecule has 0 N–H and O–H groups in total. The normalized spacial score (nSPS) is 11.9. The Morgan fingerprint density at radius 3 is 2.59 bits per heavy atom. The number of allylic oxidation sites excluding steroid dienone is 1. The molecule has 22 heavy (non-hydrogen) atoms. The molecule has 116 valence electrons. The van der Waals surface area contributed by atoms with E-state index in [9.17, 15) is 0 Å². The minimum atomic E-state index is 0.433. The molecule has 2 rings (SSSR count). The first kappa shape index (κ1) is 17.9. The van der Waals surface area contributed by atoms with Crippen molar-refractivity contribution in [2.75, 3.05) is 7.05 Å². The topological polar surface area (TPSA) is 42.5 Å². The van der Waals surface area contributed by atoms with Crippen molar-refractivity contribution in [3.05, 3.63) is 47.3 Å². The number of hydrogen-bond acceptors (Lipinski definition) is 3. The first-order chi connectivity index (χ1) is 10.6. The minimum Gasteiger partial charge on any atom is -0.301 e. The van der Waals surface area contributed by atoms with Gasteiger partial charge in [0.15, 0.2) is 0 Å². The monoisotopic (exact) mass is 316 g/mol. The smallest absolute Gasteiger partial charge is 0.139 e. The summed E-state index contributed by atoms with van der Waals surface area (Å²) < 4.78 is 1.89. The number of hydrogen-bond donors (Lipinski definition) is 0. The van der Waals surface area contributed by atoms with Crippen LogP contribution in [0.3, 0.4) is 0 Å². The van der Waals surface area contributed by atoms with E-state index in [1.165, 1.54) is 0 Å². The van der Waals surface area contributed by atoms with E-state index in [0.717, 1.165) is 27.5 Å². The summed E-state index contributed by atoms with van der Waals surface area (Å²) in [6.45, 7) is 13.3. The zero-order valence-electron chi connectivity index (χ0n) is 13.5. The zero-order valence-corrected chi connectivity index (χ0v) is 14.2. The van der Waals surface area contributed by atoms with Crippen molar-refractivity contribution in [3.8, 4) is 0 Å². The highest BCUT2D eigenvalue weighted by Crippen LogP contribution is 2.20. The SMILES string of the molecule is C=Cn1c(=NC)c(/C(C)=C/N=C)cc2cnc(Cl)cc21.CC. The lowest BCUT2D eigenvalue weighted by atomic mass is 10.1. The van der Waals surface area contributed by atoms with Crippen LogP contribution in [0, 0.1) is 0 Å². The molecule has 2 heterocycles. The Kier molecular flexibility index (Phi) is 6.73. The van der Waals surface area contributed by atoms with Gasteiger partial charge in [-0.2, -0.15) is 0 Å². The van der Waals surface area contributed by atoms with E-state index >= 15 is 0 Å². The lowest BCUT2D eigenvalue weighted by molar-refractivity contribution is 1.02. The van der Waals surface area contributed by atoms with Crippen LogP contribution in [-0.2, 0) is 0 Å². The van der Waals surface area contributed by atoms with E-state index in [0.29, 0.717) is 5.15 Å². The fourth-order valence-corrected chi connectivity index (χ4v) is 2.28. The maximum atomic E-state index is 5.97. The van der Waals surface area contributed by atoms with E-state index < -0.39 is 0 Å². The van der Waals surface area contributed by atoms with Crippen molar-refractivity contribution >= 4 is 41.0 Å². The van der Waals surface area contributed by atoms with Crippen LogP contribution in [0.5, 0.6) is 0 Å². The van der Waals surface area contributed by atoms with Gasteiger partial charge in [0.05, 0.1) is 5.52 Å². The predicted molar refractivity (Wildman–Crippen MR) is 97.2 cm³/mol. The van der Waals surface area contributed by atoms with Crippen LogP contribution >= 0.6 is 11.6 Å². The average molecular weight is 317 g/mol. The van der Waals surface area contributed by atoms with Gasteiger partial charge in [-0.05, 0) is 25.3 Å². The maximum absolute atomic E-state index is 5.97. The van der Waals surface area contributed by atoms with Gasteiger partial charge >= 0.3 is 0 Å². The molecule has 4 nitrogen and oxygen atoms in total. The fraction of sp³-hybridized carbons (Fsp3) is 0.235. The number of fused-ring (bicyclic) bond motifs is 1. The molecule has 0 amide bonds. The number of aliphatic imine (C=N–C) groups is 1. The molecule has 0 spiro atoms. The van der Waals surface area contributed by atoms with Gasteiger partial charge in [-0.1, -0.05) is 32.0 Å². The number of pyridine rings is 2. The number of aromatic nitrogens is 2. The highest BCUT2D eigenvalue weighted by atomic mass is 35.5. The summed E-state index contributed by atoms with van der Waals surface area (Å²) in [5.74, 6) is 0. The van der Waals surface area contributed by atoms with E-state index in [1.54, 1.807) is 31.7 Å². The van der Waals surface area contributed by atoms with Crippen molar-refractivity contribution < 1.29 is 0 Å². The first-order valence-corrected chi connectivity index (χ1v) is 7.39. The van der Waals surface area contributed by atoms with Crippen molar-refractivity contribution in [2.45, 2.75) is 20.8 Å². The molecule has 0 bridgehead atoms. The molecule has 2 aromatic heterocycles. The van der Waals surface area contributed by atoms with Crippen LogP contribution < -0.4 is 5.49 Å². The summed E-state index contributed by atoms with van der Waals surface area (Å²) in [5.41, 5.74) is 3.61.